The molecule has 1 aromatic heterocycles. The van der Waals surface area contributed by atoms with Gasteiger partial charge in [-0.05, 0) is 61.7 Å². The largest absolute Gasteiger partial charge is 0.444 e. The molecule has 130 valence electrons. The van der Waals surface area contributed by atoms with Crippen molar-refractivity contribution in [3.8, 4) is 0 Å². The van der Waals surface area contributed by atoms with Crippen LogP contribution in [0.1, 0.15) is 46.2 Å². The van der Waals surface area contributed by atoms with Gasteiger partial charge in [-0.15, -0.1) is 0 Å². The van der Waals surface area contributed by atoms with Crippen molar-refractivity contribution < 1.29 is 14.6 Å². The lowest BCUT2D eigenvalue weighted by Crippen LogP contribution is -2.43. The lowest BCUT2D eigenvalue weighted by atomic mass is 9.79. The summed E-state index contributed by atoms with van der Waals surface area (Å²) in [5.74, 6) is 0. The summed E-state index contributed by atoms with van der Waals surface area (Å²) in [7, 11) is 0. The number of aliphatic hydroxyl groups excluding tert-OH is 1. The minimum atomic E-state index is -0.538. The van der Waals surface area contributed by atoms with E-state index in [1.807, 2.05) is 32.9 Å². The first-order chi connectivity index (χ1) is 10.7. The van der Waals surface area contributed by atoms with Crippen molar-refractivity contribution in [2.75, 3.05) is 13.2 Å². The number of hydrogen-bond donors (Lipinski definition) is 2. The Kier molecular flexibility index (Phi) is 7.48. The van der Waals surface area contributed by atoms with E-state index in [0.717, 1.165) is 23.0 Å². The molecular formula is C17H27BrN2O3. The molecule has 5 nitrogen and oxygen atoms in total. The Hall–Kier alpha value is -1.14. The number of nitrogens with one attached hydrogen (secondary N) is 1. The predicted molar refractivity (Wildman–Crippen MR) is 94.3 cm³/mol. The quantitative estimate of drug-likeness (QED) is 0.749. The molecule has 0 aliphatic carbocycles. The van der Waals surface area contributed by atoms with Gasteiger partial charge in [-0.3, -0.25) is 4.98 Å². The van der Waals surface area contributed by atoms with Crippen molar-refractivity contribution in [1.82, 2.24) is 10.3 Å². The summed E-state index contributed by atoms with van der Waals surface area (Å²) in [6, 6.07) is 3.86. The highest BCUT2D eigenvalue weighted by Gasteiger charge is 2.31. The fraction of sp³-hybridized carbons (Fsp3) is 0.647. The number of carbonyl (C=O) groups excluding carboxylic acids is 1. The van der Waals surface area contributed by atoms with Gasteiger partial charge in [-0.1, -0.05) is 13.3 Å². The fourth-order valence-corrected chi connectivity index (χ4v) is 2.66. The first-order valence-corrected chi connectivity index (χ1v) is 8.67. The van der Waals surface area contributed by atoms with Gasteiger partial charge in [0.15, 0.2) is 0 Å². The van der Waals surface area contributed by atoms with E-state index in [0.29, 0.717) is 13.0 Å². The summed E-state index contributed by atoms with van der Waals surface area (Å²) >= 11 is 3.37. The lowest BCUT2D eigenvalue weighted by molar-refractivity contribution is 0.0454. The average Bonchev–Trinajstić information content (AvgIpc) is 2.46. The van der Waals surface area contributed by atoms with E-state index in [1.165, 1.54) is 0 Å². The van der Waals surface area contributed by atoms with Crippen LogP contribution in [0.15, 0.2) is 22.8 Å². The standard InChI is InChI=1S/C17H27BrN2O3/c1-5-8-17(12-21,9-14-7-6-13(18)10-19-14)11-20-15(22)23-16(2,3)4/h6-7,10,21H,5,8-9,11-12H2,1-4H3,(H,20,22). The van der Waals surface area contributed by atoms with Crippen LogP contribution in [-0.2, 0) is 11.2 Å². The van der Waals surface area contributed by atoms with Crippen LogP contribution in [0.3, 0.4) is 0 Å². The highest BCUT2D eigenvalue weighted by Crippen LogP contribution is 2.28. The zero-order valence-electron chi connectivity index (χ0n) is 14.4. The second kappa shape index (κ2) is 8.64. The molecular weight excluding hydrogens is 360 g/mol. The minimum absolute atomic E-state index is 0.0195. The molecule has 0 spiro atoms. The van der Waals surface area contributed by atoms with Crippen molar-refractivity contribution in [3.05, 3.63) is 28.5 Å². The number of halogens is 1. The van der Waals surface area contributed by atoms with Crippen molar-refractivity contribution in [2.45, 2.75) is 52.6 Å². The van der Waals surface area contributed by atoms with Crippen molar-refractivity contribution in [3.63, 3.8) is 0 Å². The zero-order valence-corrected chi connectivity index (χ0v) is 15.9. The maximum atomic E-state index is 11.9. The molecule has 1 unspecified atom stereocenters. The van der Waals surface area contributed by atoms with Crippen LogP contribution in [0.25, 0.3) is 0 Å². The van der Waals surface area contributed by atoms with Crippen LogP contribution < -0.4 is 5.32 Å². The van der Waals surface area contributed by atoms with Crippen LogP contribution in [0.5, 0.6) is 0 Å². The Balaban J connectivity index is 2.77. The third-order valence-corrected chi connectivity index (χ3v) is 3.94. The van der Waals surface area contributed by atoms with Gasteiger partial charge in [-0.2, -0.15) is 0 Å². The molecule has 1 aromatic rings. The summed E-state index contributed by atoms with van der Waals surface area (Å²) < 4.78 is 6.18. The molecule has 0 saturated heterocycles. The third kappa shape index (κ3) is 7.31. The van der Waals surface area contributed by atoms with Crippen molar-refractivity contribution in [2.24, 2.45) is 5.41 Å². The Labute approximate surface area is 147 Å². The fourth-order valence-electron chi connectivity index (χ4n) is 2.43. The first kappa shape index (κ1) is 19.9. The van der Waals surface area contributed by atoms with Gasteiger partial charge in [0.2, 0.25) is 0 Å². The number of hydrogen-bond acceptors (Lipinski definition) is 4. The number of aliphatic hydroxyl groups is 1. The smallest absolute Gasteiger partial charge is 0.407 e. The molecule has 2 N–H and O–H groups in total. The molecule has 0 radical (unpaired) electrons. The maximum absolute atomic E-state index is 11.9. The van der Waals surface area contributed by atoms with Gasteiger partial charge in [0, 0.05) is 28.3 Å². The molecule has 23 heavy (non-hydrogen) atoms. The molecule has 6 heteroatoms. The van der Waals surface area contributed by atoms with Gasteiger partial charge >= 0.3 is 6.09 Å². The van der Waals surface area contributed by atoms with Crippen molar-refractivity contribution >= 4 is 22.0 Å². The monoisotopic (exact) mass is 386 g/mol. The number of rotatable bonds is 7. The number of alkyl carbamates (subject to hydrolysis) is 1. The second-order valence-corrected chi connectivity index (χ2v) is 7.82. The van der Waals surface area contributed by atoms with Crippen LogP contribution in [0.4, 0.5) is 4.79 Å². The Morgan fingerprint density at radius 1 is 1.39 bits per heavy atom. The van der Waals surface area contributed by atoms with E-state index in [2.05, 4.69) is 33.2 Å². The number of ether oxygens (including phenoxy) is 1. The number of carbonyl (C=O) groups is 1. The highest BCUT2D eigenvalue weighted by molar-refractivity contribution is 9.10. The summed E-state index contributed by atoms with van der Waals surface area (Å²) in [5, 5.41) is 12.7. The van der Waals surface area contributed by atoms with Crippen molar-refractivity contribution in [1.29, 1.82) is 0 Å². The first-order valence-electron chi connectivity index (χ1n) is 7.88. The van der Waals surface area contributed by atoms with Gasteiger partial charge in [0.05, 0.1) is 6.61 Å². The van der Waals surface area contributed by atoms with Gasteiger partial charge in [0.1, 0.15) is 5.60 Å². The van der Waals surface area contributed by atoms with E-state index in [4.69, 9.17) is 4.74 Å². The highest BCUT2D eigenvalue weighted by atomic mass is 79.9. The zero-order chi connectivity index (χ0) is 17.5. The maximum Gasteiger partial charge on any atom is 0.407 e. The molecule has 0 aliphatic heterocycles. The normalized spacial score (nSPS) is 14.2. The number of amides is 1. The van der Waals surface area contributed by atoms with E-state index in [9.17, 15) is 9.90 Å². The molecule has 1 rings (SSSR count). The van der Waals surface area contributed by atoms with Crippen LogP contribution in [0, 0.1) is 5.41 Å². The molecule has 1 atom stereocenters. The Morgan fingerprint density at radius 3 is 2.57 bits per heavy atom. The summed E-state index contributed by atoms with van der Waals surface area (Å²) in [6.45, 7) is 7.86. The SMILES string of the molecule is CCCC(CO)(CNC(=O)OC(C)(C)C)Cc1ccc(Br)cn1. The predicted octanol–water partition coefficient (Wildman–Crippen LogP) is 3.69. The molecule has 0 aliphatic rings. The second-order valence-electron chi connectivity index (χ2n) is 6.91. The topological polar surface area (TPSA) is 71.5 Å². The van der Waals surface area contributed by atoms with E-state index >= 15 is 0 Å². The van der Waals surface area contributed by atoms with E-state index in [-0.39, 0.29) is 6.61 Å². The van der Waals surface area contributed by atoms with E-state index < -0.39 is 17.1 Å². The molecule has 1 heterocycles. The Bertz CT molecular complexity index is 500. The van der Waals surface area contributed by atoms with Gasteiger partial charge in [-0.25, -0.2) is 4.79 Å². The van der Waals surface area contributed by atoms with E-state index in [1.54, 1.807) is 6.20 Å². The van der Waals surface area contributed by atoms with Crippen LogP contribution in [0.2, 0.25) is 0 Å². The third-order valence-electron chi connectivity index (χ3n) is 3.47. The minimum Gasteiger partial charge on any atom is -0.444 e. The van der Waals surface area contributed by atoms with Crippen LogP contribution in [-0.4, -0.2) is 34.9 Å². The summed E-state index contributed by atoms with van der Waals surface area (Å²) in [5.41, 5.74) is -0.0853. The number of pyridine rings is 1. The Morgan fingerprint density at radius 2 is 2.09 bits per heavy atom. The number of nitrogens with zero attached hydrogens (tertiary/aromatic N) is 1. The summed E-state index contributed by atoms with van der Waals surface area (Å²) in [4.78, 5) is 16.3. The number of aromatic nitrogens is 1. The molecule has 0 bridgehead atoms. The molecule has 0 fully saturated rings. The lowest BCUT2D eigenvalue weighted by Gasteiger charge is -2.32. The van der Waals surface area contributed by atoms with Gasteiger partial charge in [0.25, 0.3) is 0 Å². The molecule has 1 amide bonds. The molecule has 0 aromatic carbocycles. The summed E-state index contributed by atoms with van der Waals surface area (Å²) in [6.07, 6.45) is 3.57. The molecule has 0 saturated carbocycles. The van der Waals surface area contributed by atoms with Crippen LogP contribution >= 0.6 is 15.9 Å². The van der Waals surface area contributed by atoms with Gasteiger partial charge < -0.3 is 15.2 Å². The average molecular weight is 387 g/mol.